The fourth-order valence-corrected chi connectivity index (χ4v) is 4.72. The number of nitrogens with zero attached hydrogens (tertiary/aromatic N) is 3. The molecular formula is C20H30N4O. The molecule has 136 valence electrons. The molecular weight excluding hydrogens is 312 g/mol. The van der Waals surface area contributed by atoms with E-state index >= 15 is 0 Å². The smallest absolute Gasteiger partial charge is 0.253 e. The van der Waals surface area contributed by atoms with E-state index in [4.69, 9.17) is 5.73 Å². The maximum Gasteiger partial charge on any atom is 0.253 e. The number of likely N-dealkylation sites (tertiary alicyclic amines) is 1. The first-order chi connectivity index (χ1) is 12.1. The van der Waals surface area contributed by atoms with E-state index in [1.807, 2.05) is 17.0 Å². The summed E-state index contributed by atoms with van der Waals surface area (Å²) in [5.41, 5.74) is 8.29. The molecule has 1 aromatic carbocycles. The first-order valence-corrected chi connectivity index (χ1v) is 9.65. The van der Waals surface area contributed by atoms with Crippen molar-refractivity contribution >= 4 is 5.91 Å². The molecule has 25 heavy (non-hydrogen) atoms. The molecule has 2 heterocycles. The number of hydrogen-bond donors (Lipinski definition) is 1. The Balaban J connectivity index is 1.40. The molecule has 5 heteroatoms. The van der Waals surface area contributed by atoms with E-state index in [0.29, 0.717) is 11.8 Å². The number of piperazine rings is 1. The van der Waals surface area contributed by atoms with Gasteiger partial charge in [0, 0.05) is 57.4 Å². The third kappa shape index (κ3) is 3.59. The number of carbonyl (C=O) groups is 1. The quantitative estimate of drug-likeness (QED) is 0.898. The average molecular weight is 342 g/mol. The van der Waals surface area contributed by atoms with Crippen LogP contribution in [0.1, 0.15) is 28.8 Å². The van der Waals surface area contributed by atoms with Gasteiger partial charge in [0.1, 0.15) is 0 Å². The SMILES string of the molecule is CN1CCN(Cc2cccc(C(=O)N3CC4CCC(N)C4C3)c2)CC1. The van der Waals surface area contributed by atoms with Crippen LogP contribution in [0.4, 0.5) is 0 Å². The Morgan fingerprint density at radius 3 is 2.72 bits per heavy atom. The van der Waals surface area contributed by atoms with E-state index in [9.17, 15) is 4.79 Å². The lowest BCUT2D eigenvalue weighted by Crippen LogP contribution is -2.43. The van der Waals surface area contributed by atoms with Crippen molar-refractivity contribution in [3.63, 3.8) is 0 Å². The molecule has 3 atom stereocenters. The van der Waals surface area contributed by atoms with Crippen LogP contribution in [0, 0.1) is 11.8 Å². The molecule has 4 rings (SSSR count). The van der Waals surface area contributed by atoms with Gasteiger partial charge in [-0.1, -0.05) is 12.1 Å². The molecule has 0 spiro atoms. The Kier molecular flexibility index (Phi) is 4.80. The molecule has 2 N–H and O–H groups in total. The maximum atomic E-state index is 12.9. The summed E-state index contributed by atoms with van der Waals surface area (Å²) in [5, 5.41) is 0. The number of amides is 1. The predicted octanol–water partition coefficient (Wildman–Crippen LogP) is 1.24. The van der Waals surface area contributed by atoms with Crippen molar-refractivity contribution in [3.8, 4) is 0 Å². The Morgan fingerprint density at radius 1 is 1.16 bits per heavy atom. The monoisotopic (exact) mass is 342 g/mol. The highest BCUT2D eigenvalue weighted by molar-refractivity contribution is 5.94. The van der Waals surface area contributed by atoms with Crippen molar-refractivity contribution in [3.05, 3.63) is 35.4 Å². The van der Waals surface area contributed by atoms with Gasteiger partial charge in [-0.2, -0.15) is 0 Å². The first kappa shape index (κ1) is 17.0. The van der Waals surface area contributed by atoms with Crippen LogP contribution in [0.3, 0.4) is 0 Å². The molecule has 1 aliphatic carbocycles. The van der Waals surface area contributed by atoms with E-state index in [0.717, 1.165) is 57.8 Å². The number of carbonyl (C=O) groups excluding carboxylic acids is 1. The van der Waals surface area contributed by atoms with Crippen LogP contribution in [0.2, 0.25) is 0 Å². The van der Waals surface area contributed by atoms with Crippen LogP contribution in [0.5, 0.6) is 0 Å². The van der Waals surface area contributed by atoms with Crippen molar-refractivity contribution < 1.29 is 4.79 Å². The molecule has 0 aromatic heterocycles. The topological polar surface area (TPSA) is 52.8 Å². The highest BCUT2D eigenvalue weighted by Gasteiger charge is 2.42. The molecule has 3 aliphatic rings. The lowest BCUT2D eigenvalue weighted by atomic mass is 9.98. The summed E-state index contributed by atoms with van der Waals surface area (Å²) in [6.07, 6.45) is 2.30. The molecule has 1 aromatic rings. The van der Waals surface area contributed by atoms with Gasteiger partial charge < -0.3 is 15.5 Å². The summed E-state index contributed by atoms with van der Waals surface area (Å²) in [6, 6.07) is 8.51. The van der Waals surface area contributed by atoms with Crippen LogP contribution in [-0.4, -0.2) is 73.0 Å². The van der Waals surface area contributed by atoms with Gasteiger partial charge in [0.15, 0.2) is 0 Å². The van der Waals surface area contributed by atoms with E-state index < -0.39 is 0 Å². The number of benzene rings is 1. The van der Waals surface area contributed by atoms with Crippen molar-refractivity contribution in [2.75, 3.05) is 46.3 Å². The third-order valence-corrected chi connectivity index (χ3v) is 6.38. The van der Waals surface area contributed by atoms with E-state index in [-0.39, 0.29) is 11.9 Å². The van der Waals surface area contributed by atoms with Crippen LogP contribution < -0.4 is 5.73 Å². The maximum absolute atomic E-state index is 12.9. The number of likely N-dealkylation sites (N-methyl/N-ethyl adjacent to an activating group) is 1. The molecule has 2 aliphatic heterocycles. The lowest BCUT2D eigenvalue weighted by molar-refractivity contribution is 0.0779. The van der Waals surface area contributed by atoms with Crippen LogP contribution in [0.25, 0.3) is 0 Å². The van der Waals surface area contributed by atoms with Crippen molar-refractivity contribution in [1.29, 1.82) is 0 Å². The molecule has 5 nitrogen and oxygen atoms in total. The zero-order valence-corrected chi connectivity index (χ0v) is 15.2. The molecule has 2 saturated heterocycles. The molecule has 3 fully saturated rings. The summed E-state index contributed by atoms with van der Waals surface area (Å²) >= 11 is 0. The fourth-order valence-electron chi connectivity index (χ4n) is 4.72. The van der Waals surface area contributed by atoms with Crippen molar-refractivity contribution in [2.24, 2.45) is 17.6 Å². The lowest BCUT2D eigenvalue weighted by Gasteiger charge is -2.32. The summed E-state index contributed by atoms with van der Waals surface area (Å²) in [7, 11) is 2.17. The number of fused-ring (bicyclic) bond motifs is 1. The largest absolute Gasteiger partial charge is 0.338 e. The van der Waals surface area contributed by atoms with Gasteiger partial charge in [-0.3, -0.25) is 9.69 Å². The number of nitrogens with two attached hydrogens (primary N) is 1. The molecule has 0 radical (unpaired) electrons. The zero-order valence-electron chi connectivity index (χ0n) is 15.2. The minimum Gasteiger partial charge on any atom is -0.338 e. The van der Waals surface area contributed by atoms with Gasteiger partial charge in [-0.15, -0.1) is 0 Å². The van der Waals surface area contributed by atoms with Gasteiger partial charge in [0.05, 0.1) is 0 Å². The Bertz CT molecular complexity index is 626. The molecule has 1 saturated carbocycles. The third-order valence-electron chi connectivity index (χ3n) is 6.38. The van der Waals surface area contributed by atoms with E-state index in [1.165, 1.54) is 12.0 Å². The standard InChI is InChI=1S/C20H30N4O/c1-22-7-9-23(10-8-22)12-15-3-2-4-16(11-15)20(25)24-13-17-5-6-19(21)18(17)14-24/h2-4,11,17-19H,5-10,12-14,21H2,1H3. The number of hydrogen-bond acceptors (Lipinski definition) is 4. The van der Waals surface area contributed by atoms with Gasteiger partial charge >= 0.3 is 0 Å². The summed E-state index contributed by atoms with van der Waals surface area (Å²) in [4.78, 5) is 19.8. The normalized spacial score (nSPS) is 30.6. The Labute approximate surface area is 150 Å². The van der Waals surface area contributed by atoms with Gasteiger partial charge in [0.2, 0.25) is 0 Å². The highest BCUT2D eigenvalue weighted by Crippen LogP contribution is 2.37. The second-order valence-electron chi connectivity index (χ2n) is 8.16. The van der Waals surface area contributed by atoms with Crippen LogP contribution >= 0.6 is 0 Å². The molecule has 0 bridgehead atoms. The van der Waals surface area contributed by atoms with Crippen LogP contribution in [-0.2, 0) is 6.54 Å². The first-order valence-electron chi connectivity index (χ1n) is 9.65. The minimum absolute atomic E-state index is 0.182. The van der Waals surface area contributed by atoms with E-state index in [2.05, 4.69) is 29.0 Å². The molecule has 3 unspecified atom stereocenters. The van der Waals surface area contributed by atoms with Gasteiger partial charge in [-0.05, 0) is 49.4 Å². The summed E-state index contributed by atoms with van der Waals surface area (Å²) < 4.78 is 0. The van der Waals surface area contributed by atoms with Crippen molar-refractivity contribution in [1.82, 2.24) is 14.7 Å². The minimum atomic E-state index is 0.182. The molecule has 1 amide bonds. The predicted molar refractivity (Wildman–Crippen MR) is 99.3 cm³/mol. The summed E-state index contributed by atoms with van der Waals surface area (Å²) in [6.45, 7) is 7.10. The van der Waals surface area contributed by atoms with Crippen LogP contribution in [0.15, 0.2) is 24.3 Å². The average Bonchev–Trinajstić information content (AvgIpc) is 3.19. The van der Waals surface area contributed by atoms with Gasteiger partial charge in [0.25, 0.3) is 5.91 Å². The second kappa shape index (κ2) is 7.06. The number of rotatable bonds is 3. The summed E-state index contributed by atoms with van der Waals surface area (Å²) in [5.74, 6) is 1.31. The second-order valence-corrected chi connectivity index (χ2v) is 8.16. The van der Waals surface area contributed by atoms with Crippen molar-refractivity contribution in [2.45, 2.75) is 25.4 Å². The highest BCUT2D eigenvalue weighted by atomic mass is 16.2. The van der Waals surface area contributed by atoms with Gasteiger partial charge in [-0.25, -0.2) is 0 Å². The van der Waals surface area contributed by atoms with E-state index in [1.54, 1.807) is 0 Å². The Hall–Kier alpha value is -1.43. The fraction of sp³-hybridized carbons (Fsp3) is 0.650. The zero-order chi connectivity index (χ0) is 17.4. The Morgan fingerprint density at radius 2 is 1.96 bits per heavy atom.